The van der Waals surface area contributed by atoms with Crippen molar-refractivity contribution < 1.29 is 0 Å². The second-order valence-electron chi connectivity index (χ2n) is 7.44. The molecule has 0 amide bonds. The summed E-state index contributed by atoms with van der Waals surface area (Å²) in [5.41, 5.74) is 6.03. The first-order chi connectivity index (χ1) is 9.62. The average molecular weight is 300 g/mol. The molecular formula is C19H29NSi. The SMILES string of the molecule is CN(C)C/C(C#C[Si](C)(C)C(C)(C)C)=C\c1ccccc1. The first-order valence-electron chi connectivity index (χ1n) is 7.55. The van der Waals surface area contributed by atoms with Crippen molar-refractivity contribution >= 4 is 14.1 Å². The van der Waals surface area contributed by atoms with E-state index in [-0.39, 0.29) is 0 Å². The summed E-state index contributed by atoms with van der Waals surface area (Å²) in [6, 6.07) is 10.4. The molecule has 0 spiro atoms. The van der Waals surface area contributed by atoms with Crippen LogP contribution in [0.1, 0.15) is 26.3 Å². The van der Waals surface area contributed by atoms with Gasteiger partial charge in [0.25, 0.3) is 0 Å². The van der Waals surface area contributed by atoms with E-state index in [0.29, 0.717) is 5.04 Å². The zero-order valence-corrected chi connectivity index (χ0v) is 15.6. The molecule has 1 aromatic carbocycles. The van der Waals surface area contributed by atoms with Gasteiger partial charge in [-0.1, -0.05) is 70.1 Å². The summed E-state index contributed by atoms with van der Waals surface area (Å²) in [5, 5.41) is 0.302. The van der Waals surface area contributed by atoms with E-state index in [0.717, 1.165) is 6.54 Å². The van der Waals surface area contributed by atoms with E-state index in [9.17, 15) is 0 Å². The van der Waals surface area contributed by atoms with E-state index in [4.69, 9.17) is 0 Å². The van der Waals surface area contributed by atoms with Crippen LogP contribution in [-0.2, 0) is 0 Å². The second kappa shape index (κ2) is 7.11. The Morgan fingerprint density at radius 1 is 1.14 bits per heavy atom. The van der Waals surface area contributed by atoms with Gasteiger partial charge in [-0.3, -0.25) is 0 Å². The number of nitrogens with zero attached hydrogens (tertiary/aromatic N) is 1. The Morgan fingerprint density at radius 3 is 2.19 bits per heavy atom. The monoisotopic (exact) mass is 299 g/mol. The summed E-state index contributed by atoms with van der Waals surface area (Å²) in [6.07, 6.45) is 2.21. The molecule has 0 aliphatic heterocycles. The van der Waals surface area contributed by atoms with Crippen molar-refractivity contribution in [3.63, 3.8) is 0 Å². The van der Waals surface area contributed by atoms with Gasteiger partial charge in [-0.15, -0.1) is 5.54 Å². The summed E-state index contributed by atoms with van der Waals surface area (Å²) in [4.78, 5) is 2.18. The lowest BCUT2D eigenvalue weighted by Crippen LogP contribution is -2.35. The van der Waals surface area contributed by atoms with E-state index in [1.165, 1.54) is 11.1 Å². The molecule has 1 rings (SSSR count). The number of likely N-dealkylation sites (N-methyl/N-ethyl adjacent to an activating group) is 1. The van der Waals surface area contributed by atoms with Gasteiger partial charge >= 0.3 is 0 Å². The summed E-state index contributed by atoms with van der Waals surface area (Å²) < 4.78 is 0. The molecule has 1 aromatic rings. The van der Waals surface area contributed by atoms with E-state index in [1.807, 2.05) is 6.07 Å². The lowest BCUT2D eigenvalue weighted by Gasteiger charge is -2.31. The van der Waals surface area contributed by atoms with Crippen LogP contribution in [0.4, 0.5) is 0 Å². The molecule has 0 fully saturated rings. The molecule has 0 heterocycles. The Bertz CT molecular complexity index is 536. The topological polar surface area (TPSA) is 3.24 Å². The third kappa shape index (κ3) is 5.91. The van der Waals surface area contributed by atoms with Gasteiger partial charge < -0.3 is 4.90 Å². The molecule has 0 unspecified atom stereocenters. The summed E-state index contributed by atoms with van der Waals surface area (Å²) in [7, 11) is 2.62. The van der Waals surface area contributed by atoms with E-state index in [1.54, 1.807) is 0 Å². The molecule has 0 saturated heterocycles. The molecule has 21 heavy (non-hydrogen) atoms. The van der Waals surface area contributed by atoms with Gasteiger partial charge in [-0.05, 0) is 30.8 Å². The Kier molecular flexibility index (Phi) is 6.01. The molecule has 0 atom stereocenters. The summed E-state index contributed by atoms with van der Waals surface area (Å²) in [5.74, 6) is 3.48. The Hall–Kier alpha value is -1.30. The third-order valence-electron chi connectivity index (χ3n) is 4.04. The highest BCUT2D eigenvalue weighted by atomic mass is 28.3. The zero-order chi connectivity index (χ0) is 16.1. The van der Waals surface area contributed by atoms with Crippen LogP contribution in [-0.4, -0.2) is 33.6 Å². The fourth-order valence-electron chi connectivity index (χ4n) is 1.64. The normalized spacial score (nSPS) is 13.0. The highest BCUT2D eigenvalue weighted by Crippen LogP contribution is 2.35. The van der Waals surface area contributed by atoms with Crippen LogP contribution in [0.2, 0.25) is 18.1 Å². The lowest BCUT2D eigenvalue weighted by molar-refractivity contribution is 0.451. The minimum atomic E-state index is -1.56. The molecule has 0 radical (unpaired) electrons. The molecule has 0 aromatic heterocycles. The highest BCUT2D eigenvalue weighted by Gasteiger charge is 2.33. The fraction of sp³-hybridized carbons (Fsp3) is 0.474. The number of hydrogen-bond acceptors (Lipinski definition) is 1. The molecule has 1 nitrogen and oxygen atoms in total. The van der Waals surface area contributed by atoms with Gasteiger partial charge in [0.05, 0.1) is 0 Å². The lowest BCUT2D eigenvalue weighted by atomic mass is 10.1. The Morgan fingerprint density at radius 2 is 1.71 bits per heavy atom. The number of benzene rings is 1. The van der Waals surface area contributed by atoms with Crippen molar-refractivity contribution in [2.24, 2.45) is 0 Å². The Balaban J connectivity index is 3.10. The summed E-state index contributed by atoms with van der Waals surface area (Å²) in [6.45, 7) is 12.5. The maximum atomic E-state index is 3.62. The molecule has 2 heteroatoms. The number of rotatable bonds is 3. The highest BCUT2D eigenvalue weighted by molar-refractivity contribution is 6.87. The van der Waals surface area contributed by atoms with E-state index < -0.39 is 8.07 Å². The van der Waals surface area contributed by atoms with Crippen LogP contribution in [0.25, 0.3) is 6.08 Å². The molecule has 0 saturated carbocycles. The average Bonchev–Trinajstić information content (AvgIpc) is 2.35. The van der Waals surface area contributed by atoms with Crippen LogP contribution >= 0.6 is 0 Å². The van der Waals surface area contributed by atoms with Crippen LogP contribution < -0.4 is 0 Å². The van der Waals surface area contributed by atoms with Crippen molar-refractivity contribution in [3.8, 4) is 11.5 Å². The largest absolute Gasteiger partial charge is 0.304 e. The minimum Gasteiger partial charge on any atom is -0.304 e. The fourth-order valence-corrected chi connectivity index (χ4v) is 2.48. The molecule has 114 valence electrons. The molecule has 0 bridgehead atoms. The molecule has 0 N–H and O–H groups in total. The van der Waals surface area contributed by atoms with Crippen molar-refractivity contribution in [3.05, 3.63) is 41.5 Å². The maximum absolute atomic E-state index is 3.62. The maximum Gasteiger partial charge on any atom is 0.138 e. The van der Waals surface area contributed by atoms with Gasteiger partial charge in [0.2, 0.25) is 0 Å². The predicted octanol–water partition coefficient (Wildman–Crippen LogP) is 4.68. The van der Waals surface area contributed by atoms with Crippen molar-refractivity contribution in [2.75, 3.05) is 20.6 Å². The Labute approximate surface area is 132 Å². The predicted molar refractivity (Wildman–Crippen MR) is 97.9 cm³/mol. The van der Waals surface area contributed by atoms with Gasteiger partial charge in [0.15, 0.2) is 0 Å². The molecule has 0 aliphatic rings. The second-order valence-corrected chi connectivity index (χ2v) is 12.4. The van der Waals surface area contributed by atoms with E-state index >= 15 is 0 Å². The first kappa shape index (κ1) is 17.7. The van der Waals surface area contributed by atoms with Crippen molar-refractivity contribution in [2.45, 2.75) is 38.9 Å². The van der Waals surface area contributed by atoms with Crippen LogP contribution in [0, 0.1) is 11.5 Å². The van der Waals surface area contributed by atoms with Crippen LogP contribution in [0.15, 0.2) is 35.9 Å². The quantitative estimate of drug-likeness (QED) is 0.578. The standard InChI is InChI=1S/C19H29NSi/c1-19(2,3)21(6,7)14-13-18(16-20(4)5)15-17-11-9-8-10-12-17/h8-12,15H,16H2,1-7H3/b18-15-. The van der Waals surface area contributed by atoms with Crippen molar-refractivity contribution in [1.82, 2.24) is 4.90 Å². The third-order valence-corrected chi connectivity index (χ3v) is 8.54. The first-order valence-corrected chi connectivity index (χ1v) is 10.6. The van der Waals surface area contributed by atoms with E-state index in [2.05, 4.69) is 94.7 Å². The summed E-state index contributed by atoms with van der Waals surface area (Å²) >= 11 is 0. The number of hydrogen-bond donors (Lipinski definition) is 0. The molecular weight excluding hydrogens is 270 g/mol. The van der Waals surface area contributed by atoms with Gasteiger partial charge in [0.1, 0.15) is 8.07 Å². The van der Waals surface area contributed by atoms with Gasteiger partial charge in [-0.25, -0.2) is 0 Å². The minimum absolute atomic E-state index is 0.302. The van der Waals surface area contributed by atoms with Gasteiger partial charge in [0, 0.05) is 12.1 Å². The van der Waals surface area contributed by atoms with Crippen LogP contribution in [0.5, 0.6) is 0 Å². The van der Waals surface area contributed by atoms with Crippen LogP contribution in [0.3, 0.4) is 0 Å². The van der Waals surface area contributed by atoms with Gasteiger partial charge in [-0.2, -0.15) is 0 Å². The smallest absolute Gasteiger partial charge is 0.138 e. The molecule has 0 aliphatic carbocycles. The zero-order valence-electron chi connectivity index (χ0n) is 14.6. The van der Waals surface area contributed by atoms with Crippen molar-refractivity contribution in [1.29, 1.82) is 0 Å².